The first kappa shape index (κ1) is 25.9. The van der Waals surface area contributed by atoms with E-state index in [1.807, 2.05) is 25.2 Å². The van der Waals surface area contributed by atoms with Gasteiger partial charge in [0.2, 0.25) is 0 Å². The Hall–Kier alpha value is -3.36. The second-order valence-electron chi connectivity index (χ2n) is 11.4. The summed E-state index contributed by atoms with van der Waals surface area (Å²) in [6.45, 7) is 4.78. The molecule has 2 aromatic rings. The zero-order chi connectivity index (χ0) is 27.6. The average Bonchev–Trinajstić information content (AvgIpc) is 3.46. The Morgan fingerprint density at radius 1 is 1.13 bits per heavy atom. The van der Waals surface area contributed by atoms with Gasteiger partial charge in [-0.15, -0.1) is 0 Å². The molecule has 39 heavy (non-hydrogen) atoms. The van der Waals surface area contributed by atoms with Crippen LogP contribution in [0.3, 0.4) is 0 Å². The van der Waals surface area contributed by atoms with Crippen LogP contribution in [-0.4, -0.2) is 79.6 Å². The fourth-order valence-electron chi connectivity index (χ4n) is 8.45. The lowest BCUT2D eigenvalue weighted by molar-refractivity contribution is -0.228. The minimum atomic E-state index is -1.71. The summed E-state index contributed by atoms with van der Waals surface area (Å²) in [5, 5.41) is 13.0. The standard InChI is InChI=1S/C31H36N2O6/c1-5-29-14-9-16-33-17-15-30(26(29)33)23-13-12-22(37-4)18-24(23)32(3)27(30)31(36,28(29)39-20(2)34)19-38-25(35)21-10-7-6-8-11-21/h6-14,18,26-28,36H,5,15-17,19H2,1-4H3/t26-,27+,28+,29+,30+,31-/m0/s1. The van der Waals surface area contributed by atoms with Gasteiger partial charge in [-0.2, -0.15) is 0 Å². The van der Waals surface area contributed by atoms with Crippen LogP contribution < -0.4 is 9.64 Å². The smallest absolute Gasteiger partial charge is 0.338 e. The first-order chi connectivity index (χ1) is 18.7. The lowest BCUT2D eigenvalue weighted by atomic mass is 9.48. The quantitative estimate of drug-likeness (QED) is 0.448. The summed E-state index contributed by atoms with van der Waals surface area (Å²) in [5.74, 6) is -0.276. The fourth-order valence-corrected chi connectivity index (χ4v) is 8.45. The molecule has 1 saturated carbocycles. The Bertz CT molecular complexity index is 1330. The van der Waals surface area contributed by atoms with Crippen molar-refractivity contribution in [1.82, 2.24) is 4.90 Å². The normalized spacial score (nSPS) is 34.2. The van der Waals surface area contributed by atoms with Crippen LogP contribution in [0.2, 0.25) is 0 Å². The van der Waals surface area contributed by atoms with E-state index >= 15 is 0 Å². The van der Waals surface area contributed by atoms with Crippen molar-refractivity contribution in [2.75, 3.05) is 38.8 Å². The summed E-state index contributed by atoms with van der Waals surface area (Å²) in [6, 6.07) is 14.3. The number of anilines is 1. The number of ether oxygens (including phenoxy) is 3. The van der Waals surface area contributed by atoms with Crippen LogP contribution >= 0.6 is 0 Å². The first-order valence-electron chi connectivity index (χ1n) is 13.7. The highest BCUT2D eigenvalue weighted by Gasteiger charge is 2.78. The molecule has 8 nitrogen and oxygen atoms in total. The molecule has 0 radical (unpaired) electrons. The molecule has 0 amide bonds. The number of nitrogens with zero attached hydrogens (tertiary/aromatic N) is 2. The second kappa shape index (κ2) is 9.10. The van der Waals surface area contributed by atoms with E-state index in [2.05, 4.69) is 34.9 Å². The van der Waals surface area contributed by atoms with E-state index in [1.165, 1.54) is 6.92 Å². The van der Waals surface area contributed by atoms with Gasteiger partial charge in [0.15, 0.2) is 5.60 Å². The second-order valence-corrected chi connectivity index (χ2v) is 11.4. The van der Waals surface area contributed by atoms with Crippen LogP contribution in [0.5, 0.6) is 5.75 Å². The van der Waals surface area contributed by atoms with Crippen molar-refractivity contribution in [3.8, 4) is 5.75 Å². The van der Waals surface area contributed by atoms with E-state index in [0.29, 0.717) is 12.0 Å². The summed E-state index contributed by atoms with van der Waals surface area (Å²) in [4.78, 5) is 30.3. The highest BCUT2D eigenvalue weighted by Crippen LogP contribution is 2.67. The molecule has 6 atom stereocenters. The van der Waals surface area contributed by atoms with E-state index < -0.39 is 40.5 Å². The van der Waals surface area contributed by atoms with Gasteiger partial charge in [0.1, 0.15) is 18.5 Å². The van der Waals surface area contributed by atoms with Crippen molar-refractivity contribution < 1.29 is 28.9 Å². The predicted molar refractivity (Wildman–Crippen MR) is 146 cm³/mol. The van der Waals surface area contributed by atoms with Gasteiger partial charge in [-0.05, 0) is 43.1 Å². The zero-order valence-electron chi connectivity index (χ0n) is 22.9. The average molecular weight is 533 g/mol. The molecule has 2 aromatic carbocycles. The summed E-state index contributed by atoms with van der Waals surface area (Å²) in [7, 11) is 3.61. The van der Waals surface area contributed by atoms with Crippen molar-refractivity contribution in [2.24, 2.45) is 5.41 Å². The number of methoxy groups -OCH3 is 1. The highest BCUT2D eigenvalue weighted by molar-refractivity contribution is 5.89. The Morgan fingerprint density at radius 3 is 2.59 bits per heavy atom. The van der Waals surface area contributed by atoms with Crippen LogP contribution in [0.4, 0.5) is 5.69 Å². The van der Waals surface area contributed by atoms with Gasteiger partial charge in [-0.25, -0.2) is 4.79 Å². The fraction of sp³-hybridized carbons (Fsp3) is 0.484. The highest BCUT2D eigenvalue weighted by atomic mass is 16.6. The van der Waals surface area contributed by atoms with Gasteiger partial charge in [-0.3, -0.25) is 9.69 Å². The van der Waals surface area contributed by atoms with Gasteiger partial charge < -0.3 is 24.2 Å². The molecule has 0 bridgehead atoms. The first-order valence-corrected chi connectivity index (χ1v) is 13.7. The lowest BCUT2D eigenvalue weighted by Crippen LogP contribution is -2.80. The molecule has 1 aliphatic carbocycles. The molecule has 3 aliphatic heterocycles. The number of carbonyl (C=O) groups is 2. The number of fused-ring (bicyclic) bond motifs is 1. The number of likely N-dealkylation sites (N-methyl/N-ethyl adjacent to an activating group) is 1. The Morgan fingerprint density at radius 2 is 1.90 bits per heavy atom. The van der Waals surface area contributed by atoms with Crippen LogP contribution in [0.1, 0.15) is 42.6 Å². The van der Waals surface area contributed by atoms with E-state index in [0.717, 1.165) is 36.5 Å². The molecule has 1 spiro atoms. The van der Waals surface area contributed by atoms with E-state index in [1.54, 1.807) is 31.4 Å². The molecule has 4 aliphatic rings. The molecular formula is C31H36N2O6. The van der Waals surface area contributed by atoms with Crippen LogP contribution in [0.15, 0.2) is 60.7 Å². The maximum atomic E-state index is 13.1. The van der Waals surface area contributed by atoms with Crippen molar-refractivity contribution in [3.05, 3.63) is 71.8 Å². The van der Waals surface area contributed by atoms with Gasteiger partial charge in [0, 0.05) is 49.1 Å². The van der Waals surface area contributed by atoms with Gasteiger partial charge in [0.25, 0.3) is 0 Å². The zero-order valence-corrected chi connectivity index (χ0v) is 22.9. The van der Waals surface area contributed by atoms with Crippen molar-refractivity contribution in [1.29, 1.82) is 0 Å². The number of carbonyl (C=O) groups excluding carboxylic acids is 2. The van der Waals surface area contributed by atoms with Gasteiger partial charge in [-0.1, -0.05) is 43.3 Å². The monoisotopic (exact) mass is 532 g/mol. The summed E-state index contributed by atoms with van der Waals surface area (Å²) in [6.07, 6.45) is 4.80. The van der Waals surface area contributed by atoms with Crippen LogP contribution in [0, 0.1) is 5.41 Å². The lowest BCUT2D eigenvalue weighted by Gasteiger charge is -2.64. The third-order valence-corrected chi connectivity index (χ3v) is 9.66. The van der Waals surface area contributed by atoms with Crippen molar-refractivity contribution in [3.63, 3.8) is 0 Å². The topological polar surface area (TPSA) is 88.5 Å². The minimum Gasteiger partial charge on any atom is -0.497 e. The Labute approximate surface area is 229 Å². The van der Waals surface area contributed by atoms with Crippen LogP contribution in [-0.2, 0) is 19.7 Å². The molecule has 0 unspecified atom stereocenters. The molecule has 3 heterocycles. The number of esters is 2. The molecule has 1 saturated heterocycles. The van der Waals surface area contributed by atoms with Crippen molar-refractivity contribution in [2.45, 2.75) is 55.9 Å². The maximum absolute atomic E-state index is 13.1. The molecule has 8 heteroatoms. The SMILES string of the molecule is CC[C@]12C=CCN3CC[C@@]4(c5ccc(OC)cc5N(C)[C@H]4[C@@](O)(COC(=O)c4ccccc4)[C@@H]1OC(C)=O)[C@@H]32. The Balaban J connectivity index is 1.55. The summed E-state index contributed by atoms with van der Waals surface area (Å²) in [5.41, 5.74) is -0.366. The van der Waals surface area contributed by atoms with Crippen molar-refractivity contribution >= 4 is 17.6 Å². The van der Waals surface area contributed by atoms with Gasteiger partial charge >= 0.3 is 11.9 Å². The minimum absolute atomic E-state index is 0.0171. The molecule has 206 valence electrons. The number of aliphatic hydroxyl groups is 1. The molecule has 2 fully saturated rings. The number of hydrogen-bond donors (Lipinski definition) is 1. The van der Waals surface area contributed by atoms with Crippen LogP contribution in [0.25, 0.3) is 0 Å². The third kappa shape index (κ3) is 3.44. The van der Waals surface area contributed by atoms with E-state index in [4.69, 9.17) is 14.2 Å². The number of benzene rings is 2. The summed E-state index contributed by atoms with van der Waals surface area (Å²) >= 11 is 0. The van der Waals surface area contributed by atoms with Gasteiger partial charge in [0.05, 0.1) is 18.7 Å². The van der Waals surface area contributed by atoms with E-state index in [-0.39, 0.29) is 12.6 Å². The number of rotatable bonds is 6. The Kier molecular flexibility index (Phi) is 6.04. The molecule has 0 aromatic heterocycles. The third-order valence-electron chi connectivity index (χ3n) is 9.66. The summed E-state index contributed by atoms with van der Waals surface area (Å²) < 4.78 is 17.6. The molecule has 1 N–H and O–H groups in total. The maximum Gasteiger partial charge on any atom is 0.338 e. The van der Waals surface area contributed by atoms with E-state index in [9.17, 15) is 14.7 Å². The predicted octanol–water partition coefficient (Wildman–Crippen LogP) is 3.33. The molecular weight excluding hydrogens is 496 g/mol. The molecule has 6 rings (SSSR count). The number of hydrogen-bond acceptors (Lipinski definition) is 8. The largest absolute Gasteiger partial charge is 0.497 e.